The van der Waals surface area contributed by atoms with E-state index in [9.17, 15) is 67.1 Å². The monoisotopic (exact) mass is 1400 g/mol. The summed E-state index contributed by atoms with van der Waals surface area (Å²) in [6.07, 6.45) is -3.26. The second-order valence-corrected chi connectivity index (χ2v) is 27.2. The first-order valence-electron chi connectivity index (χ1n) is 33.6. The highest BCUT2D eigenvalue weighted by atomic mass is 16.6. The predicted octanol–water partition coefficient (Wildman–Crippen LogP) is 0.0548. The van der Waals surface area contributed by atoms with E-state index in [1.54, 1.807) is 60.7 Å². The molecule has 0 saturated carbocycles. The summed E-state index contributed by atoms with van der Waals surface area (Å²) in [7, 11) is 0. The largest absolute Gasteiger partial charge is 0.443 e. The Morgan fingerprint density at radius 2 is 0.720 bits per heavy atom. The van der Waals surface area contributed by atoms with Crippen molar-refractivity contribution in [2.24, 2.45) is 0 Å². The Kier molecular flexibility index (Phi) is 27.4. The molecule has 5 aliphatic rings. The van der Waals surface area contributed by atoms with Gasteiger partial charge in [0.15, 0.2) is 11.6 Å². The Morgan fingerprint density at radius 1 is 0.420 bits per heavy atom. The third kappa shape index (κ3) is 21.6. The summed E-state index contributed by atoms with van der Waals surface area (Å²) in [4.78, 5) is 233. The number of rotatable bonds is 12. The minimum absolute atomic E-state index is 0.0109. The predicted molar refractivity (Wildman–Crippen MR) is 351 cm³/mol. The highest BCUT2D eigenvalue weighted by molar-refractivity contribution is 6.06. The lowest BCUT2D eigenvalue weighted by Gasteiger charge is -2.36. The van der Waals surface area contributed by atoms with Gasteiger partial charge in [-0.25, -0.2) is 19.4 Å². The van der Waals surface area contributed by atoms with Crippen LogP contribution in [0.3, 0.4) is 0 Å². The molecule has 544 valence electrons. The summed E-state index contributed by atoms with van der Waals surface area (Å²) in [5.74, 6) is -12.9. The maximum Gasteiger partial charge on any atom is 0.417 e. The molecule has 2 aromatic carbocycles. The lowest BCUT2D eigenvalue weighted by Crippen LogP contribution is -2.61. The summed E-state index contributed by atoms with van der Waals surface area (Å²) < 4.78 is 22.7. The van der Waals surface area contributed by atoms with Crippen LogP contribution in [-0.2, 0) is 99.3 Å². The highest BCUT2D eigenvalue weighted by Gasteiger charge is 2.49. The molecule has 100 heavy (non-hydrogen) atoms. The fourth-order valence-electron chi connectivity index (χ4n) is 12.3. The van der Waals surface area contributed by atoms with Gasteiger partial charge in [0.05, 0.1) is 39.4 Å². The number of imide groups is 2. The molecule has 0 bridgehead atoms. The average Bonchev–Trinajstić information content (AvgIpc) is 1.32. The molecule has 0 radical (unpaired) electrons. The Morgan fingerprint density at radius 3 is 1.04 bits per heavy atom. The molecule has 6 N–H and O–H groups in total. The van der Waals surface area contributed by atoms with Crippen LogP contribution < -0.4 is 31.9 Å². The number of benzene rings is 2. The van der Waals surface area contributed by atoms with Gasteiger partial charge in [-0.1, -0.05) is 60.7 Å². The standard InChI is InChI=1S/C68H92N12O20/c1-41-61(91)79(65(95)99-67(3,4)5)51(31-45(81)39-97-37-43-19-11-9-12-20-43)63(93)77-29-17-25-49(77)59(89)71-36-56(86)76-28-16-24-48(76)58(88)70-34-54(84)74-42(2)62(92)80(66(96)100-68(6,7)8)52(32-46(82)40-98-38-44-21-13-10-14-22-44)64(94)78-30-18-26-50(78)60(90)72-35-55(85)75-27-15-23-47(75)57(87)69-33-53(83)73-41/h9-14,19-22,41-42,47-52H,15-18,23-40H2,1-8H3,(H,69,87)(H,70,88)(H,71,89)(H,72,90)(H,73,83)(H,74,84)/t41-,42-,47-,48-,49-,50-,51-,52-/m0/s1. The van der Waals surface area contributed by atoms with Crippen molar-refractivity contribution >= 4 is 94.6 Å². The van der Waals surface area contributed by atoms with E-state index in [1.807, 2.05) is 0 Å². The molecule has 5 heterocycles. The van der Waals surface area contributed by atoms with Crippen LogP contribution in [0.2, 0.25) is 0 Å². The van der Waals surface area contributed by atoms with E-state index in [1.165, 1.54) is 65.2 Å². The lowest BCUT2D eigenvalue weighted by atomic mass is 10.0. The van der Waals surface area contributed by atoms with Crippen molar-refractivity contribution in [3.05, 3.63) is 71.8 Å². The van der Waals surface area contributed by atoms with E-state index in [2.05, 4.69) is 31.9 Å². The fraction of sp³-hybridized carbons (Fsp3) is 0.588. The maximum atomic E-state index is 15.1. The minimum atomic E-state index is -2.02. The van der Waals surface area contributed by atoms with Gasteiger partial charge in [0, 0.05) is 39.0 Å². The smallest absolute Gasteiger partial charge is 0.417 e. The molecule has 0 spiro atoms. The molecule has 32 nitrogen and oxygen atoms in total. The number of hydrogen-bond acceptors (Lipinski definition) is 20. The minimum Gasteiger partial charge on any atom is -0.443 e. The van der Waals surface area contributed by atoms with Crippen LogP contribution in [0.25, 0.3) is 0 Å². The van der Waals surface area contributed by atoms with Crippen LogP contribution in [0.5, 0.6) is 0 Å². The molecular weight excluding hydrogens is 1300 g/mol. The molecule has 8 atom stereocenters. The first kappa shape index (κ1) is 77.6. The average molecular weight is 1400 g/mol. The zero-order valence-electron chi connectivity index (χ0n) is 57.8. The zero-order chi connectivity index (χ0) is 73.2. The Bertz CT molecular complexity index is 3180. The van der Waals surface area contributed by atoms with E-state index in [-0.39, 0.29) is 77.9 Å². The van der Waals surface area contributed by atoms with Gasteiger partial charge in [0.2, 0.25) is 59.1 Å². The summed E-state index contributed by atoms with van der Waals surface area (Å²) in [5, 5.41) is 14.8. The number of Topliss-reactive ketones (excluding diaryl/α,β-unsaturated/α-hetero) is 2. The third-order valence-electron chi connectivity index (χ3n) is 17.0. The van der Waals surface area contributed by atoms with Gasteiger partial charge < -0.3 is 70.4 Å². The quantitative estimate of drug-likeness (QED) is 0.164. The SMILES string of the molecule is C[C@@H]1NC(=O)CNC(=O)[C@@H]2CCCN2C(=O)CNC(=O)[C@@H]2CCCN2C(=O)[C@H](CC(=O)COCc2ccccc2)N(C(=O)OC(C)(C)C)C(=O)[C@H](C)NC(=O)CNC(=O)[C@@H]2CCCN2C(=O)CNC(=O)[C@@H]2CCCN2C(=O)[C@H](CC(=O)COCc2ccccc2)N(C(=O)OC(C)(C)C)C1=O. The second-order valence-electron chi connectivity index (χ2n) is 27.2. The molecule has 5 saturated heterocycles. The van der Waals surface area contributed by atoms with Crippen LogP contribution in [0, 0.1) is 0 Å². The zero-order valence-corrected chi connectivity index (χ0v) is 57.8. The molecule has 0 aromatic heterocycles. The first-order chi connectivity index (χ1) is 47.3. The second kappa shape index (κ2) is 35.4. The number of carbonyl (C=O) groups excluding carboxylic acids is 16. The number of nitrogens with one attached hydrogen (secondary N) is 6. The summed E-state index contributed by atoms with van der Waals surface area (Å²) >= 11 is 0. The normalized spacial score (nSPS) is 24.4. The van der Waals surface area contributed by atoms with Gasteiger partial charge >= 0.3 is 12.2 Å². The van der Waals surface area contributed by atoms with Gasteiger partial charge in [-0.05, 0) is 118 Å². The maximum absolute atomic E-state index is 15.1. The van der Waals surface area contributed by atoms with E-state index < -0.39 is 206 Å². The molecule has 0 unspecified atom stereocenters. The lowest BCUT2D eigenvalue weighted by molar-refractivity contribution is -0.150. The van der Waals surface area contributed by atoms with Crippen LogP contribution in [0.15, 0.2) is 60.7 Å². The molecule has 14 amide bonds. The van der Waals surface area contributed by atoms with E-state index in [0.717, 1.165) is 9.80 Å². The number of hydrogen-bond donors (Lipinski definition) is 6. The van der Waals surface area contributed by atoms with Gasteiger partial charge in [-0.3, -0.25) is 67.1 Å². The number of fused-ring (bicyclic) bond motifs is 4. The molecule has 7 rings (SSSR count). The van der Waals surface area contributed by atoms with Crippen molar-refractivity contribution in [2.45, 2.75) is 192 Å². The van der Waals surface area contributed by atoms with Crippen molar-refractivity contribution in [1.29, 1.82) is 0 Å². The van der Waals surface area contributed by atoms with Crippen LogP contribution >= 0.6 is 0 Å². The number of nitrogens with zero attached hydrogens (tertiary/aromatic N) is 6. The van der Waals surface area contributed by atoms with Crippen molar-refractivity contribution in [1.82, 2.24) is 61.3 Å². The van der Waals surface area contributed by atoms with E-state index in [4.69, 9.17) is 18.9 Å². The Balaban J connectivity index is 1.18. The number of ketones is 2. The number of amides is 14. The van der Waals surface area contributed by atoms with Crippen molar-refractivity contribution in [3.63, 3.8) is 0 Å². The molecule has 2 aromatic rings. The van der Waals surface area contributed by atoms with Gasteiger partial charge in [-0.2, -0.15) is 0 Å². The molecule has 5 fully saturated rings. The molecular formula is C68H92N12O20. The van der Waals surface area contributed by atoms with E-state index in [0.29, 0.717) is 33.8 Å². The number of ether oxygens (including phenoxy) is 4. The number of carbonyl (C=O) groups is 16. The fourth-order valence-corrected chi connectivity index (χ4v) is 12.3. The van der Waals surface area contributed by atoms with E-state index >= 15 is 9.59 Å². The first-order valence-corrected chi connectivity index (χ1v) is 33.6. The van der Waals surface area contributed by atoms with Crippen LogP contribution in [0.1, 0.15) is 131 Å². The van der Waals surface area contributed by atoms with Crippen molar-refractivity contribution in [2.75, 3.05) is 65.6 Å². The summed E-state index contributed by atoms with van der Waals surface area (Å²) in [6, 6.07) is 5.11. The van der Waals surface area contributed by atoms with Gasteiger partial charge in [-0.15, -0.1) is 0 Å². The molecule has 5 aliphatic heterocycles. The molecule has 0 aliphatic carbocycles. The summed E-state index contributed by atoms with van der Waals surface area (Å²) in [6.45, 7) is 6.75. The highest BCUT2D eigenvalue weighted by Crippen LogP contribution is 2.28. The van der Waals surface area contributed by atoms with Crippen molar-refractivity contribution < 1.29 is 95.7 Å². The topological polar surface area (TPSA) is 402 Å². The summed E-state index contributed by atoms with van der Waals surface area (Å²) in [5.41, 5.74) is -1.24. The van der Waals surface area contributed by atoms with Crippen molar-refractivity contribution in [3.8, 4) is 0 Å². The third-order valence-corrected chi connectivity index (χ3v) is 17.0. The molecule has 32 heteroatoms. The van der Waals surface area contributed by atoms with Gasteiger partial charge in [0.25, 0.3) is 11.8 Å². The van der Waals surface area contributed by atoms with Crippen LogP contribution in [0.4, 0.5) is 9.59 Å². The Hall–Kier alpha value is -9.72. The van der Waals surface area contributed by atoms with Crippen LogP contribution in [-0.4, -0.2) is 249 Å². The Labute approximate surface area is 579 Å². The van der Waals surface area contributed by atoms with Gasteiger partial charge in [0.1, 0.15) is 72.8 Å².